The quantitative estimate of drug-likeness (QED) is 0.596. The number of nitrogens with zero attached hydrogens (tertiary/aromatic N) is 1. The minimum atomic E-state index is -0.135. The molecule has 0 aliphatic carbocycles. The molecule has 0 heterocycles. The zero-order valence-corrected chi connectivity index (χ0v) is 17.1. The van der Waals surface area contributed by atoms with Gasteiger partial charge in [-0.05, 0) is 0 Å². The van der Waals surface area contributed by atoms with Crippen molar-refractivity contribution in [3.8, 4) is 5.75 Å². The van der Waals surface area contributed by atoms with Crippen LogP contribution >= 0.6 is 0 Å². The number of rotatable bonds is 2. The Kier molecular flexibility index (Phi) is 5.27. The summed E-state index contributed by atoms with van der Waals surface area (Å²) < 4.78 is 0.997. The normalized spacial score (nSPS) is 12.8. The molecule has 0 atom stereocenters. The molecule has 2 aromatic carbocycles. The number of hydrogen-bond donors (Lipinski definition) is 1. The van der Waals surface area contributed by atoms with Crippen LogP contribution in [0, 0.1) is 0 Å². The predicted molar refractivity (Wildman–Crippen MR) is 105 cm³/mol. The van der Waals surface area contributed by atoms with Gasteiger partial charge in [0.15, 0.2) is 0 Å². The van der Waals surface area contributed by atoms with E-state index in [4.69, 9.17) is 0 Å². The van der Waals surface area contributed by atoms with Gasteiger partial charge in [0.2, 0.25) is 0 Å². The van der Waals surface area contributed by atoms with Crippen LogP contribution in [0.1, 0.15) is 58.2 Å². The third-order valence-electron chi connectivity index (χ3n) is 4.02. The number of aromatic hydroxyl groups is 1. The Bertz CT molecular complexity index is 764. The number of phenols is 1. The summed E-state index contributed by atoms with van der Waals surface area (Å²) in [5.41, 5.74) is 3.65. The molecule has 0 amide bonds. The molecule has 2 nitrogen and oxygen atoms in total. The van der Waals surface area contributed by atoms with Crippen LogP contribution in [0.3, 0.4) is 0 Å². The van der Waals surface area contributed by atoms with Crippen molar-refractivity contribution in [3.05, 3.63) is 53.1 Å². The van der Waals surface area contributed by atoms with Gasteiger partial charge in [0, 0.05) is 0 Å². The second-order valence-corrected chi connectivity index (χ2v) is 9.11. The van der Waals surface area contributed by atoms with Crippen molar-refractivity contribution in [1.82, 2.24) is 0 Å². The topological polar surface area (TPSA) is 32.6 Å². The minimum absolute atomic E-state index is 0.00668. The number of aliphatic imine (C=N–C) groups is 1. The van der Waals surface area contributed by atoms with Gasteiger partial charge in [0.25, 0.3) is 0 Å². The summed E-state index contributed by atoms with van der Waals surface area (Å²) in [5.74, 6) is 0.316. The molecule has 3 heteroatoms. The van der Waals surface area contributed by atoms with E-state index in [1.165, 1.54) is 5.56 Å². The Balaban J connectivity index is 2.59. The van der Waals surface area contributed by atoms with E-state index >= 15 is 0 Å². The van der Waals surface area contributed by atoms with Crippen LogP contribution in [0.2, 0.25) is 0 Å². The molecule has 0 unspecified atom stereocenters. The molecule has 0 saturated carbocycles. The van der Waals surface area contributed by atoms with E-state index in [2.05, 4.69) is 68.6 Å². The Morgan fingerprint density at radius 1 is 0.958 bits per heavy atom. The van der Waals surface area contributed by atoms with Gasteiger partial charge in [-0.25, -0.2) is 0 Å². The molecule has 0 bridgehead atoms. The average molecular weight is 387 g/mol. The first-order chi connectivity index (χ1) is 11.0. The van der Waals surface area contributed by atoms with Gasteiger partial charge < -0.3 is 0 Å². The summed E-state index contributed by atoms with van der Waals surface area (Å²) in [6, 6.07) is 12.0. The van der Waals surface area contributed by atoms with Gasteiger partial charge in [-0.3, -0.25) is 0 Å². The zero-order valence-electron chi connectivity index (χ0n) is 15.3. The van der Waals surface area contributed by atoms with Crippen LogP contribution in [0.25, 0.3) is 0 Å². The van der Waals surface area contributed by atoms with Crippen molar-refractivity contribution in [2.45, 2.75) is 52.4 Å². The summed E-state index contributed by atoms with van der Waals surface area (Å²) in [7, 11) is 0. The predicted octanol–water partition coefficient (Wildman–Crippen LogP) is 4.53. The molecule has 2 aromatic rings. The van der Waals surface area contributed by atoms with Gasteiger partial charge in [0.1, 0.15) is 0 Å². The molecule has 0 fully saturated rings. The first kappa shape index (κ1) is 18.8. The van der Waals surface area contributed by atoms with E-state index in [-0.39, 0.29) is 10.8 Å². The molecule has 0 aromatic heterocycles. The first-order valence-corrected chi connectivity index (χ1v) is 9.04. The summed E-state index contributed by atoms with van der Waals surface area (Å²) in [6.07, 6.45) is 1.76. The summed E-state index contributed by atoms with van der Waals surface area (Å²) >= 11 is 3.02. The molecule has 2 rings (SSSR count). The zero-order chi connectivity index (χ0) is 18.1. The fourth-order valence-electron chi connectivity index (χ4n) is 2.46. The molecular weight excluding hydrogens is 361 g/mol. The second kappa shape index (κ2) is 6.74. The molecule has 0 aliphatic heterocycles. The van der Waals surface area contributed by atoms with Crippen molar-refractivity contribution in [1.29, 1.82) is 0 Å². The second-order valence-electron chi connectivity index (χ2n) is 8.19. The van der Waals surface area contributed by atoms with E-state index in [1.807, 2.05) is 30.3 Å². The molecular formula is C21H26NOSe-. The molecule has 1 N–H and O–H groups in total. The van der Waals surface area contributed by atoms with E-state index < -0.39 is 0 Å². The van der Waals surface area contributed by atoms with E-state index in [0.29, 0.717) is 5.75 Å². The van der Waals surface area contributed by atoms with Gasteiger partial charge in [-0.1, -0.05) is 0 Å². The van der Waals surface area contributed by atoms with E-state index in [0.717, 1.165) is 21.3 Å². The number of hydrogen-bond acceptors (Lipinski definition) is 2. The van der Waals surface area contributed by atoms with Crippen molar-refractivity contribution < 1.29 is 5.11 Å². The Morgan fingerprint density at radius 2 is 1.58 bits per heavy atom. The van der Waals surface area contributed by atoms with Crippen LogP contribution in [0.5, 0.6) is 5.75 Å². The van der Waals surface area contributed by atoms with Gasteiger partial charge in [-0.15, -0.1) is 0 Å². The third kappa shape index (κ3) is 4.28. The average Bonchev–Trinajstić information content (AvgIpc) is 2.45. The van der Waals surface area contributed by atoms with Crippen LogP contribution in [-0.2, 0) is 10.8 Å². The fraction of sp³-hybridized carbons (Fsp3) is 0.381. The Morgan fingerprint density at radius 3 is 2.12 bits per heavy atom. The number of benzene rings is 2. The molecule has 0 spiro atoms. The Hall–Kier alpha value is -1.57. The van der Waals surface area contributed by atoms with Crippen molar-refractivity contribution in [3.63, 3.8) is 0 Å². The SMILES string of the molecule is CC(C)(C)c1cc(C=Nc2ccccc2[Se-])c(O)c(C(C)(C)C)c1. The molecule has 128 valence electrons. The standard InChI is InChI=1S/C21H27NOSe/c1-20(2,3)15-11-14(19(23)16(12-15)21(4,5)6)13-22-17-9-7-8-10-18(17)24/h7-13,23-24H,1-6H3/p-1. The van der Waals surface area contributed by atoms with Crippen molar-refractivity contribution >= 4 is 32.4 Å². The Labute approximate surface area is 153 Å². The van der Waals surface area contributed by atoms with E-state index in [9.17, 15) is 5.11 Å². The fourth-order valence-corrected chi connectivity index (χ4v) is 2.88. The molecule has 0 radical (unpaired) electrons. The van der Waals surface area contributed by atoms with Crippen LogP contribution in [0.15, 0.2) is 41.4 Å². The maximum absolute atomic E-state index is 10.8. The molecule has 24 heavy (non-hydrogen) atoms. The van der Waals surface area contributed by atoms with Gasteiger partial charge in [0.05, 0.1) is 0 Å². The monoisotopic (exact) mass is 388 g/mol. The maximum atomic E-state index is 10.8. The molecule has 0 aliphatic rings. The van der Waals surface area contributed by atoms with Gasteiger partial charge >= 0.3 is 154 Å². The van der Waals surface area contributed by atoms with E-state index in [1.54, 1.807) is 6.21 Å². The van der Waals surface area contributed by atoms with Gasteiger partial charge in [-0.2, -0.15) is 0 Å². The third-order valence-corrected chi connectivity index (χ3v) is 4.75. The van der Waals surface area contributed by atoms with Crippen LogP contribution in [0.4, 0.5) is 5.69 Å². The number of phenolic OH excluding ortho intramolecular Hbond substituents is 1. The van der Waals surface area contributed by atoms with Crippen LogP contribution in [-0.4, -0.2) is 27.3 Å². The first-order valence-electron chi connectivity index (χ1n) is 8.18. The van der Waals surface area contributed by atoms with Crippen molar-refractivity contribution in [2.24, 2.45) is 4.99 Å². The van der Waals surface area contributed by atoms with Crippen molar-refractivity contribution in [2.75, 3.05) is 0 Å². The number of para-hydroxylation sites is 1. The summed E-state index contributed by atoms with van der Waals surface area (Å²) in [6.45, 7) is 12.9. The van der Waals surface area contributed by atoms with Crippen LogP contribution < -0.4 is 4.46 Å². The summed E-state index contributed by atoms with van der Waals surface area (Å²) in [5, 5.41) is 10.8. The molecule has 0 saturated heterocycles. The summed E-state index contributed by atoms with van der Waals surface area (Å²) in [4.78, 5) is 4.57.